The highest BCUT2D eigenvalue weighted by atomic mass is 127. The van der Waals surface area contributed by atoms with E-state index in [1.165, 1.54) is 0 Å². The van der Waals surface area contributed by atoms with Gasteiger partial charge in [-0.2, -0.15) is 4.98 Å². The van der Waals surface area contributed by atoms with Crippen molar-refractivity contribution in [3.63, 3.8) is 0 Å². The van der Waals surface area contributed by atoms with Crippen molar-refractivity contribution in [3.8, 4) is 11.1 Å². The van der Waals surface area contributed by atoms with E-state index in [9.17, 15) is 4.79 Å². The largest absolute Gasteiger partial charge is 0.365 e. The number of fused-ring (bicyclic) bond motifs is 1. The SMILES string of the molecule is CN(CI)c1nc(NCc2cncc(Cl)c2)c2cc(-c3ccc(=O)n(C)c3)ccc2n1. The first-order valence-electron chi connectivity index (χ1n) is 9.54. The minimum Gasteiger partial charge on any atom is -0.365 e. The van der Waals surface area contributed by atoms with Crippen LogP contribution < -0.4 is 15.8 Å². The van der Waals surface area contributed by atoms with Crippen LogP contribution >= 0.6 is 34.2 Å². The molecular formula is C22H20ClIN6O. The van der Waals surface area contributed by atoms with Crippen LogP contribution in [0.15, 0.2) is 59.8 Å². The molecule has 0 unspecified atom stereocenters. The van der Waals surface area contributed by atoms with Crippen molar-refractivity contribution in [2.45, 2.75) is 6.54 Å². The lowest BCUT2D eigenvalue weighted by Crippen LogP contribution is -2.18. The summed E-state index contributed by atoms with van der Waals surface area (Å²) < 4.78 is 2.33. The number of hydrogen-bond donors (Lipinski definition) is 1. The van der Waals surface area contributed by atoms with Gasteiger partial charge in [-0.15, -0.1) is 0 Å². The predicted octanol–water partition coefficient (Wildman–Crippen LogP) is 4.48. The van der Waals surface area contributed by atoms with Crippen molar-refractivity contribution in [2.75, 3.05) is 21.8 Å². The average molecular weight is 547 g/mol. The van der Waals surface area contributed by atoms with Gasteiger partial charge in [-0.05, 0) is 41.0 Å². The van der Waals surface area contributed by atoms with Gasteiger partial charge in [-0.1, -0.05) is 40.3 Å². The smallest absolute Gasteiger partial charge is 0.250 e. The van der Waals surface area contributed by atoms with Crippen molar-refractivity contribution in [1.29, 1.82) is 0 Å². The van der Waals surface area contributed by atoms with Crippen molar-refractivity contribution in [1.82, 2.24) is 19.5 Å². The Bertz CT molecular complexity index is 1310. The van der Waals surface area contributed by atoms with Crippen LogP contribution in [0.3, 0.4) is 0 Å². The summed E-state index contributed by atoms with van der Waals surface area (Å²) in [5.41, 5.74) is 3.67. The molecule has 0 saturated carbocycles. The van der Waals surface area contributed by atoms with Gasteiger partial charge in [0, 0.05) is 50.7 Å². The maximum absolute atomic E-state index is 11.8. The molecule has 0 spiro atoms. The van der Waals surface area contributed by atoms with Crippen LogP contribution in [0.5, 0.6) is 0 Å². The standard InChI is InChI=1S/C22H20ClIN6O/c1-29-12-16(4-6-20(29)31)15-3-5-19-18(8-15)21(28-22(27-19)30(2)13-24)26-10-14-7-17(23)11-25-9-14/h3-9,11-12H,10,13H2,1-2H3,(H,26,27,28). The fourth-order valence-electron chi connectivity index (χ4n) is 3.16. The van der Waals surface area contributed by atoms with Crippen LogP contribution in [0.2, 0.25) is 5.02 Å². The molecule has 1 aromatic carbocycles. The van der Waals surface area contributed by atoms with Crippen LogP contribution in [0.4, 0.5) is 11.8 Å². The van der Waals surface area contributed by atoms with Gasteiger partial charge in [-0.25, -0.2) is 4.98 Å². The quantitative estimate of drug-likeness (QED) is 0.218. The number of rotatable bonds is 6. The number of aromatic nitrogens is 4. The van der Waals surface area contributed by atoms with Gasteiger partial charge in [0.1, 0.15) is 5.82 Å². The van der Waals surface area contributed by atoms with Gasteiger partial charge >= 0.3 is 0 Å². The number of aryl methyl sites for hydroxylation is 1. The highest BCUT2D eigenvalue weighted by Gasteiger charge is 2.12. The molecule has 0 atom stereocenters. The Morgan fingerprint density at radius 3 is 2.68 bits per heavy atom. The molecule has 31 heavy (non-hydrogen) atoms. The first-order chi connectivity index (χ1) is 14.9. The summed E-state index contributed by atoms with van der Waals surface area (Å²) in [6.07, 6.45) is 5.21. The lowest BCUT2D eigenvalue weighted by molar-refractivity contribution is 0.862. The molecule has 0 radical (unpaired) electrons. The third-order valence-corrected chi connectivity index (χ3v) is 6.08. The fraction of sp³-hybridized carbons (Fsp3) is 0.182. The summed E-state index contributed by atoms with van der Waals surface area (Å²) in [7, 11) is 3.70. The van der Waals surface area contributed by atoms with E-state index >= 15 is 0 Å². The Hall–Kier alpha value is -2.72. The van der Waals surface area contributed by atoms with E-state index in [1.54, 1.807) is 30.1 Å². The Kier molecular flexibility index (Phi) is 6.38. The second-order valence-corrected chi connectivity index (χ2v) is 8.27. The summed E-state index contributed by atoms with van der Waals surface area (Å²) >= 11 is 8.35. The Morgan fingerprint density at radius 2 is 1.94 bits per heavy atom. The van der Waals surface area contributed by atoms with E-state index in [2.05, 4.69) is 32.9 Å². The van der Waals surface area contributed by atoms with Gasteiger partial charge < -0.3 is 14.8 Å². The lowest BCUT2D eigenvalue weighted by Gasteiger charge is -2.17. The summed E-state index contributed by atoms with van der Waals surface area (Å²) in [5, 5.41) is 4.90. The molecule has 3 heterocycles. The van der Waals surface area contributed by atoms with Crippen LogP contribution in [0.25, 0.3) is 22.0 Å². The monoisotopic (exact) mass is 546 g/mol. The first kappa shape index (κ1) is 21.5. The van der Waals surface area contributed by atoms with E-state index in [1.807, 2.05) is 48.5 Å². The van der Waals surface area contributed by atoms with Crippen LogP contribution in [-0.4, -0.2) is 31.1 Å². The molecule has 0 amide bonds. The summed E-state index contributed by atoms with van der Waals surface area (Å²) in [6.45, 7) is 0.525. The molecule has 0 aliphatic carbocycles. The number of anilines is 2. The Morgan fingerprint density at radius 1 is 1.13 bits per heavy atom. The second kappa shape index (κ2) is 9.19. The topological polar surface area (TPSA) is 75.9 Å². The lowest BCUT2D eigenvalue weighted by atomic mass is 10.0. The summed E-state index contributed by atoms with van der Waals surface area (Å²) in [6, 6.07) is 11.3. The maximum atomic E-state index is 11.8. The fourth-order valence-corrected chi connectivity index (χ4v) is 3.66. The van der Waals surface area contributed by atoms with Crippen molar-refractivity contribution >= 4 is 56.9 Å². The zero-order valence-corrected chi connectivity index (χ0v) is 19.9. The first-order valence-corrected chi connectivity index (χ1v) is 11.4. The number of pyridine rings is 2. The molecule has 3 aromatic heterocycles. The molecule has 7 nitrogen and oxygen atoms in total. The van der Waals surface area contributed by atoms with E-state index in [0.29, 0.717) is 17.5 Å². The molecule has 0 saturated heterocycles. The number of alkyl halides is 1. The minimum atomic E-state index is -0.0446. The zero-order valence-electron chi connectivity index (χ0n) is 17.0. The minimum absolute atomic E-state index is 0.0446. The molecule has 9 heteroatoms. The number of nitrogens with one attached hydrogen (secondary N) is 1. The normalized spacial score (nSPS) is 11.0. The molecule has 0 aliphatic heterocycles. The zero-order chi connectivity index (χ0) is 22.0. The van der Waals surface area contributed by atoms with Crippen LogP contribution in [0, 0.1) is 0 Å². The molecule has 0 fully saturated rings. The molecular weight excluding hydrogens is 527 g/mol. The number of hydrogen-bond acceptors (Lipinski definition) is 6. The highest BCUT2D eigenvalue weighted by Crippen LogP contribution is 2.29. The second-order valence-electron chi connectivity index (χ2n) is 7.15. The van der Waals surface area contributed by atoms with E-state index in [0.717, 1.165) is 38.0 Å². The number of benzene rings is 1. The molecule has 158 valence electrons. The van der Waals surface area contributed by atoms with Crippen LogP contribution in [0.1, 0.15) is 5.56 Å². The third-order valence-electron chi connectivity index (χ3n) is 4.85. The summed E-state index contributed by atoms with van der Waals surface area (Å²) in [5.74, 6) is 1.37. The maximum Gasteiger partial charge on any atom is 0.250 e. The van der Waals surface area contributed by atoms with E-state index in [4.69, 9.17) is 21.6 Å². The Labute approximate surface area is 198 Å². The van der Waals surface area contributed by atoms with Gasteiger partial charge in [0.25, 0.3) is 0 Å². The molecule has 4 rings (SSSR count). The molecule has 0 bridgehead atoms. The van der Waals surface area contributed by atoms with Crippen molar-refractivity contribution in [2.24, 2.45) is 7.05 Å². The van der Waals surface area contributed by atoms with Gasteiger partial charge in [0.05, 0.1) is 15.1 Å². The Balaban J connectivity index is 1.79. The van der Waals surface area contributed by atoms with Gasteiger partial charge in [0.2, 0.25) is 11.5 Å². The van der Waals surface area contributed by atoms with E-state index < -0.39 is 0 Å². The highest BCUT2D eigenvalue weighted by molar-refractivity contribution is 14.1. The van der Waals surface area contributed by atoms with Crippen LogP contribution in [-0.2, 0) is 13.6 Å². The molecule has 1 N–H and O–H groups in total. The number of halogens is 2. The predicted molar refractivity (Wildman–Crippen MR) is 134 cm³/mol. The van der Waals surface area contributed by atoms with Crippen molar-refractivity contribution < 1.29 is 0 Å². The number of nitrogens with zero attached hydrogens (tertiary/aromatic N) is 5. The average Bonchev–Trinajstić information content (AvgIpc) is 2.78. The molecule has 4 aromatic rings. The van der Waals surface area contributed by atoms with Gasteiger partial charge in [0.15, 0.2) is 0 Å². The summed E-state index contributed by atoms with van der Waals surface area (Å²) in [4.78, 5) is 27.4. The molecule has 0 aliphatic rings. The van der Waals surface area contributed by atoms with Gasteiger partial charge in [-0.3, -0.25) is 9.78 Å². The van der Waals surface area contributed by atoms with E-state index in [-0.39, 0.29) is 5.56 Å². The van der Waals surface area contributed by atoms with Crippen molar-refractivity contribution in [3.05, 3.63) is 75.9 Å². The third kappa shape index (κ3) is 4.80.